The molecule has 0 fully saturated rings. The Kier molecular flexibility index (Phi) is 5.05. The molecule has 8 nitrogen and oxygen atoms in total. The predicted octanol–water partition coefficient (Wildman–Crippen LogP) is 4.55. The normalized spacial score (nSPS) is 14.2. The van der Waals surface area contributed by atoms with E-state index in [9.17, 15) is 0 Å². The zero-order valence-corrected chi connectivity index (χ0v) is 18.4. The van der Waals surface area contributed by atoms with Gasteiger partial charge in [0.2, 0.25) is 5.89 Å². The largest absolute Gasteiger partial charge is 0.497 e. The summed E-state index contributed by atoms with van der Waals surface area (Å²) in [5.74, 6) is 7.43. The number of anilines is 1. The van der Waals surface area contributed by atoms with Gasteiger partial charge in [-0.2, -0.15) is 0 Å². The lowest BCUT2D eigenvalue weighted by Gasteiger charge is -2.21. The van der Waals surface area contributed by atoms with Gasteiger partial charge >= 0.3 is 0 Å². The molecule has 0 unspecified atom stereocenters. The topological polar surface area (TPSA) is 108 Å². The van der Waals surface area contributed by atoms with E-state index < -0.39 is 0 Å². The fraction of sp³-hybridized carbons (Fsp3) is 0.0909. The highest BCUT2D eigenvalue weighted by Crippen LogP contribution is 2.38. The molecular formula is C22H18Cl2N6O2. The van der Waals surface area contributed by atoms with Crippen molar-refractivity contribution in [1.82, 2.24) is 14.5 Å². The van der Waals surface area contributed by atoms with Gasteiger partial charge < -0.3 is 14.9 Å². The molecule has 0 atom stereocenters. The van der Waals surface area contributed by atoms with Gasteiger partial charge in [-0.25, -0.2) is 15.8 Å². The average Bonchev–Trinajstić information content (AvgIpc) is 3.41. The first-order valence-electron chi connectivity index (χ1n) is 9.61. The van der Waals surface area contributed by atoms with Crippen molar-refractivity contribution in [3.8, 4) is 34.3 Å². The Morgan fingerprint density at radius 2 is 2.00 bits per heavy atom. The Balaban J connectivity index is 1.63. The lowest BCUT2D eigenvalue weighted by atomic mass is 10.1. The molecule has 0 saturated carbocycles. The van der Waals surface area contributed by atoms with Gasteiger partial charge in [-0.3, -0.25) is 9.58 Å². The van der Waals surface area contributed by atoms with Crippen molar-refractivity contribution in [2.24, 2.45) is 11.6 Å². The molecule has 0 saturated heterocycles. The number of halogens is 2. The summed E-state index contributed by atoms with van der Waals surface area (Å²) in [6, 6.07) is 10.8. The van der Waals surface area contributed by atoms with Gasteiger partial charge in [0.25, 0.3) is 0 Å². The van der Waals surface area contributed by atoms with E-state index in [0.29, 0.717) is 50.8 Å². The molecular weight excluding hydrogens is 451 g/mol. The number of ether oxygens (including phenoxy) is 1. The number of imidazole rings is 1. The van der Waals surface area contributed by atoms with Crippen LogP contribution in [0.1, 0.15) is 5.69 Å². The van der Waals surface area contributed by atoms with Crippen LogP contribution in [0, 0.1) is 0 Å². The summed E-state index contributed by atoms with van der Waals surface area (Å²) in [5.41, 5.74) is 10.8. The van der Waals surface area contributed by atoms with Gasteiger partial charge in [0.1, 0.15) is 29.7 Å². The summed E-state index contributed by atoms with van der Waals surface area (Å²) in [6.07, 6.45) is 5.14. The number of nitrogens with zero attached hydrogens (tertiary/aromatic N) is 4. The molecule has 1 aliphatic rings. The molecule has 1 aliphatic heterocycles. The van der Waals surface area contributed by atoms with Crippen LogP contribution in [0.4, 0.5) is 5.69 Å². The molecule has 0 radical (unpaired) electrons. The summed E-state index contributed by atoms with van der Waals surface area (Å²) in [4.78, 5) is 9.20. The van der Waals surface area contributed by atoms with E-state index in [-0.39, 0.29) is 0 Å². The second kappa shape index (κ2) is 7.90. The Labute approximate surface area is 193 Å². The van der Waals surface area contributed by atoms with Crippen molar-refractivity contribution < 1.29 is 9.15 Å². The van der Waals surface area contributed by atoms with Crippen LogP contribution in [0.15, 0.2) is 65.3 Å². The summed E-state index contributed by atoms with van der Waals surface area (Å²) in [6.45, 7) is 0. The lowest BCUT2D eigenvalue weighted by molar-refractivity contribution is 0.415. The quantitative estimate of drug-likeness (QED) is 0.424. The van der Waals surface area contributed by atoms with E-state index in [1.165, 1.54) is 6.20 Å². The maximum Gasteiger partial charge on any atom is 0.247 e. The first-order chi connectivity index (χ1) is 15.5. The number of oxazole rings is 1. The first-order valence-corrected chi connectivity index (χ1v) is 10.4. The second-order valence-electron chi connectivity index (χ2n) is 7.13. The van der Waals surface area contributed by atoms with E-state index in [1.54, 1.807) is 42.9 Å². The number of benzene rings is 2. The van der Waals surface area contributed by atoms with Crippen LogP contribution in [0.3, 0.4) is 0 Å². The third kappa shape index (κ3) is 3.29. The smallest absolute Gasteiger partial charge is 0.247 e. The van der Waals surface area contributed by atoms with Crippen molar-refractivity contribution in [2.75, 3.05) is 12.1 Å². The molecule has 10 heteroatoms. The van der Waals surface area contributed by atoms with E-state index >= 15 is 0 Å². The van der Waals surface area contributed by atoms with Crippen LogP contribution in [0.2, 0.25) is 10.0 Å². The molecule has 4 aromatic rings. The summed E-state index contributed by atoms with van der Waals surface area (Å²) >= 11 is 12.3. The van der Waals surface area contributed by atoms with Crippen molar-refractivity contribution in [2.45, 2.75) is 6.42 Å². The number of hydrazine groups is 1. The number of hydrogen-bond donors (Lipinski definition) is 2. The number of fused-ring (bicyclic) bond motifs is 3. The average molecular weight is 469 g/mol. The van der Waals surface area contributed by atoms with E-state index in [2.05, 4.69) is 9.97 Å². The molecule has 0 amide bonds. The molecule has 2 aromatic heterocycles. The third-order valence-electron chi connectivity index (χ3n) is 5.33. The fourth-order valence-corrected chi connectivity index (χ4v) is 4.22. The van der Waals surface area contributed by atoms with Gasteiger partial charge in [-0.15, -0.1) is 0 Å². The van der Waals surface area contributed by atoms with Gasteiger partial charge in [0, 0.05) is 29.3 Å². The summed E-state index contributed by atoms with van der Waals surface area (Å²) in [5, 5.41) is 2.57. The maximum absolute atomic E-state index is 6.39. The highest BCUT2D eigenvalue weighted by atomic mass is 35.5. The Hall–Kier alpha value is -3.46. The minimum atomic E-state index is 0.358. The number of rotatable bonds is 3. The molecule has 3 heterocycles. The second-order valence-corrected chi connectivity index (χ2v) is 7.98. The SMILES string of the molecule is COc1ccc2c(c1)N(N)/C(=C\N)Cc1c(-c3nc(-c4ccc(Cl)cc4Cl)co3)ncn1-2. The van der Waals surface area contributed by atoms with Gasteiger partial charge in [0.15, 0.2) is 0 Å². The van der Waals surface area contributed by atoms with Crippen LogP contribution in [-0.4, -0.2) is 21.6 Å². The van der Waals surface area contributed by atoms with E-state index in [1.807, 2.05) is 22.8 Å². The highest BCUT2D eigenvalue weighted by Gasteiger charge is 2.27. The number of aromatic nitrogens is 3. The molecule has 2 aromatic carbocycles. The third-order valence-corrected chi connectivity index (χ3v) is 5.88. The Bertz CT molecular complexity index is 1360. The summed E-state index contributed by atoms with van der Waals surface area (Å²) in [7, 11) is 1.60. The van der Waals surface area contributed by atoms with Gasteiger partial charge in [0.05, 0.1) is 34.9 Å². The van der Waals surface area contributed by atoms with Crippen molar-refractivity contribution in [1.29, 1.82) is 0 Å². The molecule has 0 bridgehead atoms. The van der Waals surface area contributed by atoms with Crippen molar-refractivity contribution in [3.05, 3.63) is 76.6 Å². The van der Waals surface area contributed by atoms with Crippen molar-refractivity contribution in [3.63, 3.8) is 0 Å². The molecule has 0 spiro atoms. The van der Waals surface area contributed by atoms with Gasteiger partial charge in [-0.05, 0) is 30.3 Å². The Morgan fingerprint density at radius 1 is 1.16 bits per heavy atom. The highest BCUT2D eigenvalue weighted by molar-refractivity contribution is 6.36. The Morgan fingerprint density at radius 3 is 2.75 bits per heavy atom. The zero-order chi connectivity index (χ0) is 22.4. The van der Waals surface area contributed by atoms with Crippen LogP contribution in [0.5, 0.6) is 5.75 Å². The molecule has 0 aliphatic carbocycles. The van der Waals surface area contributed by atoms with Crippen LogP contribution in [0.25, 0.3) is 28.5 Å². The van der Waals surface area contributed by atoms with E-state index in [4.69, 9.17) is 43.9 Å². The zero-order valence-electron chi connectivity index (χ0n) is 16.9. The van der Waals surface area contributed by atoms with Crippen LogP contribution in [-0.2, 0) is 6.42 Å². The number of methoxy groups -OCH3 is 1. The maximum atomic E-state index is 6.39. The number of nitrogens with two attached hydrogens (primary N) is 2. The molecule has 5 rings (SSSR count). The predicted molar refractivity (Wildman–Crippen MR) is 124 cm³/mol. The molecule has 162 valence electrons. The van der Waals surface area contributed by atoms with Crippen molar-refractivity contribution >= 4 is 28.9 Å². The molecule has 4 N–H and O–H groups in total. The number of hydrogen-bond acceptors (Lipinski definition) is 7. The minimum Gasteiger partial charge on any atom is -0.497 e. The molecule has 32 heavy (non-hydrogen) atoms. The fourth-order valence-electron chi connectivity index (χ4n) is 3.71. The lowest BCUT2D eigenvalue weighted by Crippen LogP contribution is -2.31. The first kappa shape index (κ1) is 20.4. The van der Waals surface area contributed by atoms with Crippen LogP contribution < -0.4 is 21.3 Å². The summed E-state index contributed by atoms with van der Waals surface area (Å²) < 4.78 is 13.1. The van der Waals surface area contributed by atoms with E-state index in [0.717, 1.165) is 17.1 Å². The van der Waals surface area contributed by atoms with Crippen LogP contribution >= 0.6 is 23.2 Å². The monoisotopic (exact) mass is 468 g/mol. The minimum absolute atomic E-state index is 0.358. The standard InChI is InChI=1S/C22H18Cl2N6O2/c1-31-14-3-5-18-19(8-14)30(26)13(9-25)7-20-21(27-11-29(18)20)22-28-17(10-32-22)15-4-2-12(23)6-16(15)24/h2-6,8-11H,7,25-26H2,1H3/b13-9-. The number of allylic oxidation sites excluding steroid dienone is 1. The van der Waals surface area contributed by atoms with Gasteiger partial charge in [-0.1, -0.05) is 23.2 Å².